The van der Waals surface area contributed by atoms with Gasteiger partial charge in [-0.15, -0.1) is 0 Å². The van der Waals surface area contributed by atoms with Gasteiger partial charge in [-0.1, -0.05) is 38.1 Å². The number of methoxy groups -OCH3 is 1. The van der Waals surface area contributed by atoms with Crippen LogP contribution < -0.4 is 0 Å². The Morgan fingerprint density at radius 3 is 2.56 bits per heavy atom. The van der Waals surface area contributed by atoms with Gasteiger partial charge in [0.15, 0.2) is 0 Å². The van der Waals surface area contributed by atoms with Crippen molar-refractivity contribution in [2.45, 2.75) is 32.3 Å². The molecule has 0 spiro atoms. The number of rotatable bonds is 4. The fourth-order valence-electron chi connectivity index (χ4n) is 1.48. The van der Waals surface area contributed by atoms with Crippen molar-refractivity contribution in [3.8, 4) is 0 Å². The van der Waals surface area contributed by atoms with Crippen LogP contribution in [0.3, 0.4) is 0 Å². The van der Waals surface area contributed by atoms with E-state index in [9.17, 15) is 9.90 Å². The Morgan fingerprint density at radius 2 is 2.00 bits per heavy atom. The van der Waals surface area contributed by atoms with Gasteiger partial charge in [0.05, 0.1) is 19.6 Å². The Hall–Kier alpha value is -1.35. The summed E-state index contributed by atoms with van der Waals surface area (Å²) < 4.78 is 4.52. The van der Waals surface area contributed by atoms with Crippen LogP contribution >= 0.6 is 0 Å². The molecule has 0 aromatic heterocycles. The maximum atomic E-state index is 11.0. The third-order valence-corrected chi connectivity index (χ3v) is 2.55. The summed E-state index contributed by atoms with van der Waals surface area (Å²) in [5.41, 5.74) is 1.91. The van der Waals surface area contributed by atoms with Gasteiger partial charge in [0.1, 0.15) is 0 Å². The molecule has 0 amide bonds. The molecule has 0 aliphatic heterocycles. The fraction of sp³-hybridized carbons (Fsp3) is 0.462. The minimum atomic E-state index is -0.786. The minimum absolute atomic E-state index is 0.00194. The summed E-state index contributed by atoms with van der Waals surface area (Å²) in [4.78, 5) is 11.0. The van der Waals surface area contributed by atoms with E-state index in [-0.39, 0.29) is 6.42 Å². The van der Waals surface area contributed by atoms with E-state index < -0.39 is 12.1 Å². The quantitative estimate of drug-likeness (QED) is 0.796. The molecule has 3 nitrogen and oxygen atoms in total. The van der Waals surface area contributed by atoms with Crippen molar-refractivity contribution >= 4 is 5.97 Å². The number of aliphatic hydroxyl groups excluding tert-OH is 1. The molecule has 0 fully saturated rings. The molecule has 1 atom stereocenters. The average Bonchev–Trinajstić information content (AvgIpc) is 2.28. The molecule has 1 aromatic carbocycles. The van der Waals surface area contributed by atoms with Crippen LogP contribution in [0, 0.1) is 0 Å². The van der Waals surface area contributed by atoms with Crippen LogP contribution in [0.2, 0.25) is 0 Å². The zero-order valence-electron chi connectivity index (χ0n) is 9.93. The number of carbonyl (C=O) groups excluding carboxylic acids is 1. The lowest BCUT2D eigenvalue weighted by molar-refractivity contribution is -0.142. The topological polar surface area (TPSA) is 46.5 Å². The third-order valence-electron chi connectivity index (χ3n) is 2.55. The van der Waals surface area contributed by atoms with Gasteiger partial charge >= 0.3 is 5.97 Å². The molecule has 0 aliphatic rings. The summed E-state index contributed by atoms with van der Waals surface area (Å²) in [6.45, 7) is 4.18. The van der Waals surface area contributed by atoms with Crippen LogP contribution in [0.1, 0.15) is 43.4 Å². The third kappa shape index (κ3) is 3.35. The normalized spacial score (nSPS) is 12.6. The van der Waals surface area contributed by atoms with Gasteiger partial charge in [0.25, 0.3) is 0 Å². The highest BCUT2D eigenvalue weighted by Gasteiger charge is 2.13. The van der Waals surface area contributed by atoms with Crippen LogP contribution in [0.25, 0.3) is 0 Å². The molecule has 3 heteroatoms. The van der Waals surface area contributed by atoms with Crippen molar-refractivity contribution in [2.75, 3.05) is 7.11 Å². The van der Waals surface area contributed by atoms with Gasteiger partial charge in [-0.05, 0) is 17.0 Å². The maximum Gasteiger partial charge on any atom is 0.308 e. The van der Waals surface area contributed by atoms with E-state index in [0.29, 0.717) is 5.92 Å². The van der Waals surface area contributed by atoms with E-state index in [0.717, 1.165) is 11.1 Å². The van der Waals surface area contributed by atoms with Crippen molar-refractivity contribution in [3.63, 3.8) is 0 Å². The minimum Gasteiger partial charge on any atom is -0.469 e. The first-order valence-corrected chi connectivity index (χ1v) is 5.39. The predicted octanol–water partition coefficient (Wildman–Crippen LogP) is 2.41. The first-order valence-electron chi connectivity index (χ1n) is 5.39. The van der Waals surface area contributed by atoms with Crippen molar-refractivity contribution in [1.82, 2.24) is 0 Å². The summed E-state index contributed by atoms with van der Waals surface area (Å²) >= 11 is 0. The van der Waals surface area contributed by atoms with Crippen LogP contribution in [0.4, 0.5) is 0 Å². The fourth-order valence-corrected chi connectivity index (χ4v) is 1.48. The van der Waals surface area contributed by atoms with Crippen LogP contribution in [0.15, 0.2) is 24.3 Å². The molecule has 0 saturated carbocycles. The van der Waals surface area contributed by atoms with Crippen LogP contribution in [0.5, 0.6) is 0 Å². The Morgan fingerprint density at radius 1 is 1.38 bits per heavy atom. The first kappa shape index (κ1) is 12.7. The van der Waals surface area contributed by atoms with E-state index in [2.05, 4.69) is 18.6 Å². The summed E-state index contributed by atoms with van der Waals surface area (Å²) in [6.07, 6.45) is -0.788. The van der Waals surface area contributed by atoms with Crippen molar-refractivity contribution < 1.29 is 14.6 Å². The molecule has 1 rings (SSSR count). The van der Waals surface area contributed by atoms with Crippen LogP contribution in [-0.4, -0.2) is 18.2 Å². The molecule has 16 heavy (non-hydrogen) atoms. The lowest BCUT2D eigenvalue weighted by atomic mass is 9.98. The smallest absolute Gasteiger partial charge is 0.308 e. The monoisotopic (exact) mass is 222 g/mol. The Balaban J connectivity index is 2.79. The molecule has 1 aromatic rings. The molecule has 0 saturated heterocycles. The summed E-state index contributed by atoms with van der Waals surface area (Å²) in [5, 5.41) is 9.83. The highest BCUT2D eigenvalue weighted by Crippen LogP contribution is 2.22. The number of esters is 1. The van der Waals surface area contributed by atoms with E-state index in [1.807, 2.05) is 24.3 Å². The Kier molecular flexibility index (Phi) is 4.50. The molecule has 1 N–H and O–H groups in total. The van der Waals surface area contributed by atoms with E-state index >= 15 is 0 Å². The van der Waals surface area contributed by atoms with Gasteiger partial charge in [0.2, 0.25) is 0 Å². The van der Waals surface area contributed by atoms with E-state index in [4.69, 9.17) is 0 Å². The van der Waals surface area contributed by atoms with Crippen LogP contribution in [-0.2, 0) is 9.53 Å². The number of carbonyl (C=O) groups is 1. The lowest BCUT2D eigenvalue weighted by Gasteiger charge is -2.12. The zero-order valence-corrected chi connectivity index (χ0v) is 9.93. The van der Waals surface area contributed by atoms with E-state index in [1.54, 1.807) is 0 Å². The zero-order chi connectivity index (χ0) is 12.1. The Labute approximate surface area is 96.1 Å². The van der Waals surface area contributed by atoms with Crippen molar-refractivity contribution in [2.24, 2.45) is 0 Å². The number of hydrogen-bond acceptors (Lipinski definition) is 3. The number of ether oxygens (including phenoxy) is 1. The second kappa shape index (κ2) is 5.66. The number of hydrogen-bond donors (Lipinski definition) is 1. The Bertz CT molecular complexity index is 358. The van der Waals surface area contributed by atoms with E-state index in [1.165, 1.54) is 7.11 Å². The molecule has 0 bridgehead atoms. The molecule has 0 aliphatic carbocycles. The van der Waals surface area contributed by atoms with Gasteiger partial charge in [-0.3, -0.25) is 4.79 Å². The molecule has 88 valence electrons. The summed E-state index contributed by atoms with van der Waals surface area (Å²) in [6, 6.07) is 7.65. The highest BCUT2D eigenvalue weighted by atomic mass is 16.5. The van der Waals surface area contributed by atoms with Gasteiger partial charge in [-0.2, -0.15) is 0 Å². The van der Waals surface area contributed by atoms with Gasteiger partial charge in [0, 0.05) is 0 Å². The summed E-state index contributed by atoms with van der Waals surface area (Å²) in [7, 11) is 1.32. The number of aliphatic hydroxyl groups is 1. The lowest BCUT2D eigenvalue weighted by Crippen LogP contribution is -2.08. The maximum absolute atomic E-state index is 11.0. The predicted molar refractivity (Wildman–Crippen MR) is 62.1 cm³/mol. The first-order chi connectivity index (χ1) is 7.54. The molecule has 1 unspecified atom stereocenters. The SMILES string of the molecule is COC(=O)CC(O)c1cccc(C(C)C)c1. The van der Waals surface area contributed by atoms with Crippen molar-refractivity contribution in [3.05, 3.63) is 35.4 Å². The second-order valence-electron chi connectivity index (χ2n) is 4.12. The highest BCUT2D eigenvalue weighted by molar-refractivity contribution is 5.70. The van der Waals surface area contributed by atoms with Crippen molar-refractivity contribution in [1.29, 1.82) is 0 Å². The second-order valence-corrected chi connectivity index (χ2v) is 4.12. The van der Waals surface area contributed by atoms with Gasteiger partial charge in [-0.25, -0.2) is 0 Å². The molecule has 0 heterocycles. The summed E-state index contributed by atoms with van der Waals surface area (Å²) in [5.74, 6) is 0.00715. The van der Waals surface area contributed by atoms with Gasteiger partial charge < -0.3 is 9.84 Å². The standard InChI is InChI=1S/C13H18O3/c1-9(2)10-5-4-6-11(7-10)12(14)8-13(15)16-3/h4-7,9,12,14H,8H2,1-3H3. The molecular formula is C13H18O3. The average molecular weight is 222 g/mol. The molecule has 0 radical (unpaired) electrons. The number of benzene rings is 1. The largest absolute Gasteiger partial charge is 0.469 e. The molecular weight excluding hydrogens is 204 g/mol.